The zero-order chi connectivity index (χ0) is 28.3. The van der Waals surface area contributed by atoms with Crippen molar-refractivity contribution in [3.63, 3.8) is 0 Å². The Morgan fingerprint density at radius 2 is 1.70 bits per heavy atom. The number of oxazole rings is 1. The summed E-state index contributed by atoms with van der Waals surface area (Å²) in [5.74, 6) is -2.74. The monoisotopic (exact) mass is 564 g/mol. The van der Waals surface area contributed by atoms with E-state index < -0.39 is 22.5 Å². The maximum Gasteiger partial charge on any atom is 0.285 e. The summed E-state index contributed by atoms with van der Waals surface area (Å²) in [6, 6.07) is 19.2. The summed E-state index contributed by atoms with van der Waals surface area (Å²) in [5, 5.41) is 6.65. The van der Waals surface area contributed by atoms with Crippen LogP contribution in [0.15, 0.2) is 99.1 Å². The Bertz CT molecular complexity index is 1720. The van der Waals surface area contributed by atoms with E-state index in [1.54, 1.807) is 68.4 Å². The van der Waals surface area contributed by atoms with Gasteiger partial charge in [-0.1, -0.05) is 59.8 Å². The van der Waals surface area contributed by atoms with E-state index in [4.69, 9.17) is 8.94 Å². The fraction of sp³-hybridized carbons (Fsp3) is 0.172. The maximum absolute atomic E-state index is 14.9. The molecule has 0 fully saturated rings. The number of aryl methyl sites for hydroxylation is 1. The molecule has 11 heteroatoms. The molecule has 0 unspecified atom stereocenters. The van der Waals surface area contributed by atoms with Crippen LogP contribution in [0.4, 0.5) is 14.7 Å². The second kappa shape index (κ2) is 11.0. The fourth-order valence-corrected chi connectivity index (χ4v) is 5.52. The van der Waals surface area contributed by atoms with E-state index in [9.17, 15) is 17.2 Å². The Hall–Kier alpha value is -4.35. The van der Waals surface area contributed by atoms with Crippen molar-refractivity contribution >= 4 is 15.9 Å². The van der Waals surface area contributed by atoms with Gasteiger partial charge in [-0.2, -0.15) is 8.78 Å². The highest BCUT2D eigenvalue weighted by atomic mass is 32.2. The number of hydrogen-bond donors (Lipinski definition) is 2. The van der Waals surface area contributed by atoms with Crippen LogP contribution in [-0.2, 0) is 22.5 Å². The van der Waals surface area contributed by atoms with E-state index >= 15 is 0 Å². The maximum atomic E-state index is 14.9. The molecular formula is C29H26F2N4O4S. The Morgan fingerprint density at radius 3 is 2.40 bits per heavy atom. The molecule has 0 saturated carbocycles. The van der Waals surface area contributed by atoms with Gasteiger partial charge in [0.1, 0.15) is 6.26 Å². The van der Waals surface area contributed by atoms with Crippen LogP contribution in [0.5, 0.6) is 0 Å². The van der Waals surface area contributed by atoms with E-state index in [0.717, 1.165) is 0 Å². The van der Waals surface area contributed by atoms with E-state index in [1.807, 2.05) is 0 Å². The van der Waals surface area contributed by atoms with Crippen molar-refractivity contribution in [3.05, 3.63) is 108 Å². The standard InChI is InChI=1S/C29H26F2N4O4S/c1-19-20(2)34-39-27(19)35-40(36,37)26-11-7-6-10-25(26)24-13-12-21(28-33-14-15-38-28)16-22(24)17-32-18-29(30,31)23-8-4-3-5-9-23/h3-16,32,35H,17-18H2,1-2H3. The van der Waals surface area contributed by atoms with Gasteiger partial charge in [-0.25, -0.2) is 18.1 Å². The van der Waals surface area contributed by atoms with Crippen molar-refractivity contribution in [3.8, 4) is 22.6 Å². The molecule has 2 heterocycles. The largest absolute Gasteiger partial charge is 0.445 e. The van der Waals surface area contributed by atoms with Gasteiger partial charge in [-0.15, -0.1) is 0 Å². The zero-order valence-corrected chi connectivity index (χ0v) is 22.5. The van der Waals surface area contributed by atoms with Crippen LogP contribution in [0.2, 0.25) is 0 Å². The Labute approximate surface area is 230 Å². The van der Waals surface area contributed by atoms with Crippen molar-refractivity contribution < 1.29 is 26.1 Å². The molecule has 206 valence electrons. The Morgan fingerprint density at radius 1 is 0.950 bits per heavy atom. The van der Waals surface area contributed by atoms with Gasteiger partial charge in [-0.3, -0.25) is 0 Å². The second-order valence-corrected chi connectivity index (χ2v) is 10.9. The van der Waals surface area contributed by atoms with Gasteiger partial charge < -0.3 is 14.3 Å². The summed E-state index contributed by atoms with van der Waals surface area (Å²) in [6.45, 7) is 2.81. The number of sulfonamides is 1. The van der Waals surface area contributed by atoms with Crippen LogP contribution in [0.3, 0.4) is 0 Å². The van der Waals surface area contributed by atoms with Crippen molar-refractivity contribution in [1.82, 2.24) is 15.5 Å². The highest BCUT2D eigenvalue weighted by molar-refractivity contribution is 7.92. The van der Waals surface area contributed by atoms with E-state index in [1.165, 1.54) is 30.7 Å². The third kappa shape index (κ3) is 5.65. The average molecular weight is 565 g/mol. The van der Waals surface area contributed by atoms with Gasteiger partial charge in [0.15, 0.2) is 0 Å². The van der Waals surface area contributed by atoms with Crippen LogP contribution in [0.25, 0.3) is 22.6 Å². The molecule has 3 aromatic carbocycles. The number of nitrogens with one attached hydrogen (secondary N) is 2. The lowest BCUT2D eigenvalue weighted by molar-refractivity contribution is -0.00343. The molecule has 0 saturated heterocycles. The first-order valence-electron chi connectivity index (χ1n) is 12.4. The smallest absolute Gasteiger partial charge is 0.285 e. The number of alkyl halides is 2. The number of rotatable bonds is 10. The molecule has 2 aromatic heterocycles. The first kappa shape index (κ1) is 27.2. The molecule has 5 aromatic rings. The van der Waals surface area contributed by atoms with Crippen LogP contribution in [-0.4, -0.2) is 25.1 Å². The molecule has 8 nitrogen and oxygen atoms in total. The highest BCUT2D eigenvalue weighted by Crippen LogP contribution is 2.34. The number of hydrogen-bond acceptors (Lipinski definition) is 7. The van der Waals surface area contributed by atoms with Gasteiger partial charge in [0.2, 0.25) is 11.8 Å². The number of nitrogens with zero attached hydrogens (tertiary/aromatic N) is 2. The first-order valence-corrected chi connectivity index (χ1v) is 13.9. The molecule has 0 aliphatic rings. The molecular weight excluding hydrogens is 538 g/mol. The molecule has 0 radical (unpaired) electrons. The summed E-state index contributed by atoms with van der Waals surface area (Å²) in [5.41, 5.74) is 3.15. The lowest BCUT2D eigenvalue weighted by Crippen LogP contribution is -2.30. The predicted molar refractivity (Wildman–Crippen MR) is 146 cm³/mol. The number of benzene rings is 3. The minimum Gasteiger partial charge on any atom is -0.445 e. The Balaban J connectivity index is 1.51. The molecule has 0 spiro atoms. The number of anilines is 1. The van der Waals surface area contributed by atoms with Crippen molar-refractivity contribution in [2.45, 2.75) is 31.2 Å². The average Bonchev–Trinajstić information content (AvgIpc) is 3.60. The SMILES string of the molecule is Cc1noc(NS(=O)(=O)c2ccccc2-c2ccc(-c3ncco3)cc2CNCC(F)(F)c2ccccc2)c1C. The van der Waals surface area contributed by atoms with Crippen molar-refractivity contribution in [2.24, 2.45) is 0 Å². The van der Waals surface area contributed by atoms with E-state index in [0.29, 0.717) is 39.4 Å². The molecule has 0 atom stereocenters. The van der Waals surface area contributed by atoms with Crippen LogP contribution < -0.4 is 10.0 Å². The molecule has 5 rings (SSSR count). The van der Waals surface area contributed by atoms with Crippen LogP contribution in [0.1, 0.15) is 22.4 Å². The minimum atomic E-state index is -4.11. The van der Waals surface area contributed by atoms with Gasteiger partial charge in [0, 0.05) is 28.8 Å². The van der Waals surface area contributed by atoms with Crippen LogP contribution in [0, 0.1) is 13.8 Å². The minimum absolute atomic E-state index is 0.0109. The topological polar surface area (TPSA) is 110 Å². The van der Waals surface area contributed by atoms with E-state index in [2.05, 4.69) is 20.2 Å². The molecule has 40 heavy (non-hydrogen) atoms. The summed E-state index contributed by atoms with van der Waals surface area (Å²) in [4.78, 5) is 4.16. The number of aromatic nitrogens is 2. The molecule has 0 amide bonds. The van der Waals surface area contributed by atoms with Crippen molar-refractivity contribution in [2.75, 3.05) is 11.3 Å². The van der Waals surface area contributed by atoms with Gasteiger partial charge >= 0.3 is 0 Å². The quantitative estimate of drug-likeness (QED) is 0.205. The number of halogens is 2. The molecule has 0 aliphatic heterocycles. The summed E-state index contributed by atoms with van der Waals surface area (Å²) >= 11 is 0. The third-order valence-corrected chi connectivity index (χ3v) is 7.88. The van der Waals surface area contributed by atoms with Gasteiger partial charge in [-0.05, 0) is 43.2 Å². The summed E-state index contributed by atoms with van der Waals surface area (Å²) in [7, 11) is -4.11. The van der Waals surface area contributed by atoms with Gasteiger partial charge in [0.25, 0.3) is 15.9 Å². The second-order valence-electron chi connectivity index (χ2n) is 9.21. The van der Waals surface area contributed by atoms with Crippen LogP contribution >= 0.6 is 0 Å². The van der Waals surface area contributed by atoms with E-state index in [-0.39, 0.29) is 22.9 Å². The summed E-state index contributed by atoms with van der Waals surface area (Å²) in [6.07, 6.45) is 2.94. The fourth-order valence-electron chi connectivity index (χ4n) is 4.25. The van der Waals surface area contributed by atoms with Crippen molar-refractivity contribution in [1.29, 1.82) is 0 Å². The zero-order valence-electron chi connectivity index (χ0n) is 21.7. The third-order valence-electron chi connectivity index (χ3n) is 6.49. The highest BCUT2D eigenvalue weighted by Gasteiger charge is 2.31. The summed E-state index contributed by atoms with van der Waals surface area (Å²) < 4.78 is 69.7. The van der Waals surface area contributed by atoms with Gasteiger partial charge in [0.05, 0.1) is 23.3 Å². The lowest BCUT2D eigenvalue weighted by atomic mass is 9.97. The normalized spacial score (nSPS) is 12.0. The Kier molecular flexibility index (Phi) is 7.51. The molecule has 0 bridgehead atoms. The molecule has 2 N–H and O–H groups in total. The molecule has 0 aliphatic carbocycles. The first-order chi connectivity index (χ1) is 19.2. The predicted octanol–water partition coefficient (Wildman–Crippen LogP) is 6.30. The lowest BCUT2D eigenvalue weighted by Gasteiger charge is -2.19.